The second kappa shape index (κ2) is 4.61. The molecular formula is C19H18N4O2. The summed E-state index contributed by atoms with van der Waals surface area (Å²) < 4.78 is 0. The molecule has 0 bridgehead atoms. The van der Waals surface area contributed by atoms with Gasteiger partial charge in [0.05, 0.1) is 21.5 Å². The summed E-state index contributed by atoms with van der Waals surface area (Å²) in [5.74, 6) is 0.165. The zero-order valence-electron chi connectivity index (χ0n) is 13.8. The molecule has 25 heavy (non-hydrogen) atoms. The van der Waals surface area contributed by atoms with E-state index in [0.717, 1.165) is 24.9 Å². The third-order valence-electron chi connectivity index (χ3n) is 5.30. The molecule has 2 aliphatic heterocycles. The molecule has 126 valence electrons. The van der Waals surface area contributed by atoms with Crippen molar-refractivity contribution in [2.45, 2.75) is 12.1 Å². The summed E-state index contributed by atoms with van der Waals surface area (Å²) in [5.41, 5.74) is 5.98. The third-order valence-corrected chi connectivity index (χ3v) is 5.30. The first-order valence-electron chi connectivity index (χ1n) is 8.32. The number of rotatable bonds is 0. The minimum absolute atomic E-state index is 0.0726. The van der Waals surface area contributed by atoms with E-state index in [1.54, 1.807) is 24.3 Å². The number of anilines is 1. The van der Waals surface area contributed by atoms with E-state index in [9.17, 15) is 10.2 Å². The molecular weight excluding hydrogens is 316 g/mol. The van der Waals surface area contributed by atoms with Gasteiger partial charge in [-0.2, -0.15) is 0 Å². The predicted molar refractivity (Wildman–Crippen MR) is 96.4 cm³/mol. The fourth-order valence-corrected chi connectivity index (χ4v) is 4.12. The van der Waals surface area contributed by atoms with Crippen LogP contribution in [0.4, 0.5) is 5.69 Å². The molecule has 5 rings (SSSR count). The lowest BCUT2D eigenvalue weighted by atomic mass is 9.99. The van der Waals surface area contributed by atoms with Crippen molar-refractivity contribution in [3.63, 3.8) is 0 Å². The topological polar surface area (TPSA) is 94.4 Å². The highest BCUT2D eigenvalue weighted by Gasteiger charge is 2.38. The molecule has 0 saturated carbocycles. The van der Waals surface area contributed by atoms with Gasteiger partial charge in [0.1, 0.15) is 11.5 Å². The molecule has 0 radical (unpaired) electrons. The highest BCUT2D eigenvalue weighted by Crippen LogP contribution is 2.42. The SMILES string of the molecule is CN1CCC2(C1)N=c1ccc3c(O)c4c(N)cccc4c(O)c3c1=N2. The summed E-state index contributed by atoms with van der Waals surface area (Å²) >= 11 is 0. The maximum Gasteiger partial charge on any atom is 0.165 e. The Labute approximate surface area is 143 Å². The van der Waals surface area contributed by atoms with Gasteiger partial charge in [0.15, 0.2) is 5.66 Å². The smallest absolute Gasteiger partial charge is 0.165 e. The van der Waals surface area contributed by atoms with Crippen LogP contribution in [0.2, 0.25) is 0 Å². The van der Waals surface area contributed by atoms with Crippen LogP contribution in [0.1, 0.15) is 6.42 Å². The molecule has 6 heteroatoms. The summed E-state index contributed by atoms with van der Waals surface area (Å²) in [5, 5.41) is 25.2. The lowest BCUT2D eigenvalue weighted by Gasteiger charge is -2.15. The van der Waals surface area contributed by atoms with Gasteiger partial charge in [-0.1, -0.05) is 12.1 Å². The quantitative estimate of drug-likeness (QED) is 0.328. The van der Waals surface area contributed by atoms with Crippen molar-refractivity contribution in [1.82, 2.24) is 4.90 Å². The molecule has 6 nitrogen and oxygen atoms in total. The number of aromatic hydroxyl groups is 2. The van der Waals surface area contributed by atoms with Gasteiger partial charge in [0.25, 0.3) is 0 Å². The van der Waals surface area contributed by atoms with Gasteiger partial charge < -0.3 is 20.8 Å². The Morgan fingerprint density at radius 3 is 2.56 bits per heavy atom. The van der Waals surface area contributed by atoms with Crippen molar-refractivity contribution in [1.29, 1.82) is 0 Å². The van der Waals surface area contributed by atoms with Crippen LogP contribution in [0.15, 0.2) is 40.3 Å². The van der Waals surface area contributed by atoms with Crippen molar-refractivity contribution >= 4 is 27.2 Å². The third kappa shape index (κ3) is 1.83. The maximum atomic E-state index is 10.9. The number of nitrogens with zero attached hydrogens (tertiary/aromatic N) is 3. The van der Waals surface area contributed by atoms with Crippen LogP contribution in [0.3, 0.4) is 0 Å². The van der Waals surface area contributed by atoms with Crippen LogP contribution < -0.4 is 16.4 Å². The van der Waals surface area contributed by atoms with Gasteiger partial charge in [-0.15, -0.1) is 0 Å². The van der Waals surface area contributed by atoms with E-state index in [1.807, 2.05) is 6.07 Å². The number of benzene rings is 3. The van der Waals surface area contributed by atoms with Crippen molar-refractivity contribution in [3.05, 3.63) is 41.0 Å². The van der Waals surface area contributed by atoms with Crippen LogP contribution in [-0.2, 0) is 0 Å². The second-order valence-corrected chi connectivity index (χ2v) is 7.02. The van der Waals surface area contributed by atoms with E-state index in [2.05, 4.69) is 11.9 Å². The first-order chi connectivity index (χ1) is 12.0. The highest BCUT2D eigenvalue weighted by molar-refractivity contribution is 6.14. The van der Waals surface area contributed by atoms with E-state index >= 15 is 0 Å². The number of hydrogen-bond donors (Lipinski definition) is 3. The van der Waals surface area contributed by atoms with Gasteiger partial charge in [-0.25, -0.2) is 0 Å². The molecule has 1 unspecified atom stereocenters. The van der Waals surface area contributed by atoms with Crippen molar-refractivity contribution < 1.29 is 10.2 Å². The fourth-order valence-electron chi connectivity index (χ4n) is 4.12. The zero-order valence-corrected chi connectivity index (χ0v) is 13.8. The molecule has 0 aliphatic carbocycles. The molecule has 1 fully saturated rings. The first kappa shape index (κ1) is 14.5. The van der Waals surface area contributed by atoms with E-state index < -0.39 is 5.66 Å². The number of phenols is 2. The molecule has 3 aromatic rings. The Kier molecular flexibility index (Phi) is 2.67. The van der Waals surface area contributed by atoms with Gasteiger partial charge in [0, 0.05) is 36.0 Å². The lowest BCUT2D eigenvalue weighted by molar-refractivity contribution is 0.375. The van der Waals surface area contributed by atoms with Crippen LogP contribution >= 0.6 is 0 Å². The predicted octanol–water partition coefficient (Wildman–Crippen LogP) is 1.27. The summed E-state index contributed by atoms with van der Waals surface area (Å²) in [6.07, 6.45) is 0.854. The van der Waals surface area contributed by atoms with Gasteiger partial charge >= 0.3 is 0 Å². The Morgan fingerprint density at radius 1 is 1.04 bits per heavy atom. The van der Waals surface area contributed by atoms with Crippen LogP contribution in [0, 0.1) is 0 Å². The van der Waals surface area contributed by atoms with Gasteiger partial charge in [-0.05, 0) is 25.2 Å². The molecule has 0 amide bonds. The molecule has 1 atom stereocenters. The molecule has 3 aromatic carbocycles. The standard InChI is InChI=1S/C19H18N4O2/c1-23-8-7-19(9-23)21-13-6-5-11-15(16(13)22-19)18(25)10-3-2-4-12(20)14(10)17(11)24/h2-6,24-25H,7-9,20H2,1H3. The number of fused-ring (bicyclic) bond motifs is 4. The van der Waals surface area contributed by atoms with Crippen LogP contribution in [0.25, 0.3) is 21.5 Å². The fraction of sp³-hybridized carbons (Fsp3) is 0.263. The summed E-state index contributed by atoms with van der Waals surface area (Å²) in [6.45, 7) is 1.70. The number of nitrogens with two attached hydrogens (primary N) is 1. The summed E-state index contributed by atoms with van der Waals surface area (Å²) in [7, 11) is 2.06. The monoisotopic (exact) mass is 334 g/mol. The van der Waals surface area contributed by atoms with Crippen molar-refractivity contribution in [2.24, 2.45) is 9.98 Å². The molecule has 2 aliphatic rings. The summed E-state index contributed by atoms with van der Waals surface area (Å²) in [6, 6.07) is 8.87. The largest absolute Gasteiger partial charge is 0.507 e. The molecule has 4 N–H and O–H groups in total. The van der Waals surface area contributed by atoms with Crippen LogP contribution in [-0.4, -0.2) is 40.9 Å². The Hall–Kier alpha value is -2.86. The highest BCUT2D eigenvalue weighted by atomic mass is 16.3. The summed E-state index contributed by atoms with van der Waals surface area (Å²) in [4.78, 5) is 11.9. The Morgan fingerprint density at radius 2 is 1.80 bits per heavy atom. The van der Waals surface area contributed by atoms with E-state index in [-0.39, 0.29) is 11.5 Å². The number of hydrogen-bond acceptors (Lipinski definition) is 6. The lowest BCUT2D eigenvalue weighted by Crippen LogP contribution is -2.27. The maximum absolute atomic E-state index is 10.9. The molecule has 2 heterocycles. The normalized spacial score (nSPS) is 22.4. The second-order valence-electron chi connectivity index (χ2n) is 7.02. The van der Waals surface area contributed by atoms with Gasteiger partial charge in [0.2, 0.25) is 0 Å². The molecule has 1 saturated heterocycles. The number of nitrogen functional groups attached to an aromatic ring is 1. The Bertz CT molecular complexity index is 1190. The van der Waals surface area contributed by atoms with Crippen molar-refractivity contribution in [3.8, 4) is 11.5 Å². The first-order valence-corrected chi connectivity index (χ1v) is 8.32. The van der Waals surface area contributed by atoms with Gasteiger partial charge in [-0.3, -0.25) is 9.98 Å². The molecule has 1 spiro atoms. The average Bonchev–Trinajstić information content (AvgIpc) is 3.13. The van der Waals surface area contributed by atoms with E-state index in [4.69, 9.17) is 15.7 Å². The van der Waals surface area contributed by atoms with E-state index in [1.165, 1.54) is 0 Å². The molecule has 0 aromatic heterocycles. The zero-order chi connectivity index (χ0) is 17.3. The minimum Gasteiger partial charge on any atom is -0.507 e. The van der Waals surface area contributed by atoms with Crippen LogP contribution in [0.5, 0.6) is 11.5 Å². The number of likely N-dealkylation sites (N-methyl/N-ethyl adjacent to an activating group) is 1. The Balaban J connectivity index is 1.95. The van der Waals surface area contributed by atoms with E-state index in [0.29, 0.717) is 32.6 Å². The minimum atomic E-state index is -0.474. The number of likely N-dealkylation sites (tertiary alicyclic amines) is 1. The average molecular weight is 334 g/mol. The number of phenolic OH excluding ortho intramolecular Hbond substituents is 2. The van der Waals surface area contributed by atoms with Crippen molar-refractivity contribution in [2.75, 3.05) is 25.9 Å².